The number of nitro groups is 1. The minimum Gasteiger partial charge on any atom is -0.376 e. The quantitative estimate of drug-likeness (QED) is 0.494. The summed E-state index contributed by atoms with van der Waals surface area (Å²) in [6.45, 7) is -0.202. The molecule has 0 aliphatic carbocycles. The molecule has 9 nitrogen and oxygen atoms in total. The van der Waals surface area contributed by atoms with Gasteiger partial charge in [-0.25, -0.2) is 9.67 Å². The van der Waals surface area contributed by atoms with Crippen molar-refractivity contribution in [2.45, 2.75) is 0 Å². The van der Waals surface area contributed by atoms with Gasteiger partial charge >= 0.3 is 5.69 Å². The normalized spacial score (nSPS) is 10.4. The highest BCUT2D eigenvalue weighted by Gasteiger charge is 2.15. The third kappa shape index (κ3) is 4.36. The standard InChI is InChI=1S/C16H12ClFN6O3/c17-10-1-4-14(23-9-19-8-21-23)13(5-10)22-16(25)7-20-11-2-3-12(18)15(6-11)24(26)27/h1-6,8-9,20H,7H2,(H,22,25). The molecule has 1 heterocycles. The molecule has 138 valence electrons. The van der Waals surface area contributed by atoms with Crippen molar-refractivity contribution in [3.05, 3.63) is 70.0 Å². The number of nitro benzene ring substituents is 1. The number of nitrogens with one attached hydrogen (secondary N) is 2. The zero-order chi connectivity index (χ0) is 19.4. The van der Waals surface area contributed by atoms with Gasteiger partial charge in [-0.05, 0) is 30.3 Å². The first kappa shape index (κ1) is 18.3. The number of halogens is 2. The van der Waals surface area contributed by atoms with E-state index in [1.807, 2.05) is 0 Å². The topological polar surface area (TPSA) is 115 Å². The molecular weight excluding hydrogens is 379 g/mol. The van der Waals surface area contributed by atoms with Crippen molar-refractivity contribution in [3.63, 3.8) is 0 Å². The van der Waals surface area contributed by atoms with Gasteiger partial charge in [-0.3, -0.25) is 14.9 Å². The summed E-state index contributed by atoms with van der Waals surface area (Å²) in [6.07, 6.45) is 2.82. The number of carbonyl (C=O) groups excluding carboxylic acids is 1. The second kappa shape index (κ2) is 7.79. The second-order valence-corrected chi connectivity index (χ2v) is 5.76. The van der Waals surface area contributed by atoms with Gasteiger partial charge in [0.25, 0.3) is 0 Å². The van der Waals surface area contributed by atoms with Crippen molar-refractivity contribution in [1.82, 2.24) is 14.8 Å². The fourth-order valence-corrected chi connectivity index (χ4v) is 2.45. The van der Waals surface area contributed by atoms with Crippen molar-refractivity contribution in [3.8, 4) is 5.69 Å². The molecule has 2 aromatic carbocycles. The fourth-order valence-electron chi connectivity index (χ4n) is 2.28. The van der Waals surface area contributed by atoms with Crippen LogP contribution in [-0.2, 0) is 4.79 Å². The van der Waals surface area contributed by atoms with E-state index in [1.165, 1.54) is 23.4 Å². The minimum atomic E-state index is -0.952. The van der Waals surface area contributed by atoms with Crippen LogP contribution in [0, 0.1) is 15.9 Å². The predicted molar refractivity (Wildman–Crippen MR) is 96.5 cm³/mol. The summed E-state index contributed by atoms with van der Waals surface area (Å²) in [7, 11) is 0. The Kier molecular flexibility index (Phi) is 5.27. The Balaban J connectivity index is 1.71. The van der Waals surface area contributed by atoms with E-state index in [-0.39, 0.29) is 12.2 Å². The summed E-state index contributed by atoms with van der Waals surface area (Å²) in [4.78, 5) is 26.0. The molecule has 0 fully saturated rings. The number of amides is 1. The zero-order valence-corrected chi connectivity index (χ0v) is 14.4. The Bertz CT molecular complexity index is 996. The van der Waals surface area contributed by atoms with Crippen LogP contribution in [-0.4, -0.2) is 32.1 Å². The number of hydrogen-bond donors (Lipinski definition) is 2. The molecule has 27 heavy (non-hydrogen) atoms. The van der Waals surface area contributed by atoms with Gasteiger partial charge in [0.2, 0.25) is 11.7 Å². The monoisotopic (exact) mass is 390 g/mol. The van der Waals surface area contributed by atoms with Crippen LogP contribution in [0.5, 0.6) is 0 Å². The van der Waals surface area contributed by atoms with Gasteiger partial charge in [0.1, 0.15) is 12.7 Å². The average Bonchev–Trinajstić information content (AvgIpc) is 3.15. The lowest BCUT2D eigenvalue weighted by molar-refractivity contribution is -0.387. The molecule has 0 radical (unpaired) electrons. The summed E-state index contributed by atoms with van der Waals surface area (Å²) < 4.78 is 14.8. The maximum Gasteiger partial charge on any atom is 0.306 e. The van der Waals surface area contributed by atoms with Gasteiger partial charge in [-0.1, -0.05) is 11.6 Å². The van der Waals surface area contributed by atoms with Crippen molar-refractivity contribution in [2.24, 2.45) is 0 Å². The molecule has 0 spiro atoms. The molecule has 2 N–H and O–H groups in total. The molecule has 1 amide bonds. The maximum atomic E-state index is 13.3. The van der Waals surface area contributed by atoms with Crippen LogP contribution in [0.2, 0.25) is 5.02 Å². The van der Waals surface area contributed by atoms with Gasteiger partial charge in [0.15, 0.2) is 0 Å². The third-order valence-electron chi connectivity index (χ3n) is 3.49. The molecule has 0 aliphatic rings. The van der Waals surface area contributed by atoms with E-state index in [2.05, 4.69) is 20.7 Å². The SMILES string of the molecule is O=C(CNc1ccc(F)c([N+](=O)[O-])c1)Nc1cc(Cl)ccc1-n1cncn1. The lowest BCUT2D eigenvalue weighted by Gasteiger charge is -2.12. The van der Waals surface area contributed by atoms with Crippen LogP contribution in [0.4, 0.5) is 21.5 Å². The van der Waals surface area contributed by atoms with Gasteiger partial charge in [0.05, 0.1) is 22.8 Å². The molecule has 3 aromatic rings. The predicted octanol–water partition coefficient (Wildman–Crippen LogP) is 3.02. The fraction of sp³-hybridized carbons (Fsp3) is 0.0625. The van der Waals surface area contributed by atoms with E-state index in [1.54, 1.807) is 18.2 Å². The Labute approximate surface area is 156 Å². The van der Waals surface area contributed by atoms with Crippen LogP contribution >= 0.6 is 11.6 Å². The number of benzene rings is 2. The highest BCUT2D eigenvalue weighted by atomic mass is 35.5. The summed E-state index contributed by atoms with van der Waals surface area (Å²) in [5, 5.41) is 20.6. The molecule has 11 heteroatoms. The first-order valence-electron chi connectivity index (χ1n) is 7.56. The molecule has 1 aromatic heterocycles. The first-order chi connectivity index (χ1) is 12.9. The molecular formula is C16H12ClFN6O3. The van der Waals surface area contributed by atoms with Crippen LogP contribution in [0.15, 0.2) is 49.1 Å². The van der Waals surface area contributed by atoms with E-state index in [9.17, 15) is 19.3 Å². The zero-order valence-electron chi connectivity index (χ0n) is 13.6. The van der Waals surface area contributed by atoms with Gasteiger partial charge in [-0.15, -0.1) is 0 Å². The highest BCUT2D eigenvalue weighted by Crippen LogP contribution is 2.24. The Morgan fingerprint density at radius 1 is 1.30 bits per heavy atom. The summed E-state index contributed by atoms with van der Waals surface area (Å²) >= 11 is 5.98. The molecule has 0 bridgehead atoms. The molecule has 0 saturated carbocycles. The van der Waals surface area contributed by atoms with Crippen LogP contribution in [0.1, 0.15) is 0 Å². The van der Waals surface area contributed by atoms with Crippen LogP contribution < -0.4 is 10.6 Å². The maximum absolute atomic E-state index is 13.3. The minimum absolute atomic E-state index is 0.202. The molecule has 0 aliphatic heterocycles. The van der Waals surface area contributed by atoms with Gasteiger partial charge < -0.3 is 10.6 Å². The number of nitrogens with zero attached hydrogens (tertiary/aromatic N) is 4. The summed E-state index contributed by atoms with van der Waals surface area (Å²) in [6, 6.07) is 8.14. The number of rotatable bonds is 6. The summed E-state index contributed by atoms with van der Waals surface area (Å²) in [5.74, 6) is -1.39. The number of aromatic nitrogens is 3. The van der Waals surface area contributed by atoms with Gasteiger partial charge in [0, 0.05) is 16.8 Å². The number of hydrogen-bond acceptors (Lipinski definition) is 6. The number of anilines is 2. The first-order valence-corrected chi connectivity index (χ1v) is 7.94. The molecule has 3 rings (SSSR count). The van der Waals surface area contributed by atoms with Gasteiger partial charge in [-0.2, -0.15) is 9.49 Å². The van der Waals surface area contributed by atoms with Crippen molar-refractivity contribution in [2.75, 3.05) is 17.2 Å². The Morgan fingerprint density at radius 3 is 2.81 bits per heavy atom. The Hall–Kier alpha value is -3.53. The lowest BCUT2D eigenvalue weighted by atomic mass is 10.2. The van der Waals surface area contributed by atoms with E-state index < -0.39 is 22.3 Å². The molecule has 0 atom stereocenters. The smallest absolute Gasteiger partial charge is 0.306 e. The summed E-state index contributed by atoms with van der Waals surface area (Å²) in [5.41, 5.74) is 0.525. The van der Waals surface area contributed by atoms with E-state index in [0.29, 0.717) is 16.4 Å². The lowest BCUT2D eigenvalue weighted by Crippen LogP contribution is -2.22. The van der Waals surface area contributed by atoms with Crippen molar-refractivity contribution in [1.29, 1.82) is 0 Å². The largest absolute Gasteiger partial charge is 0.376 e. The second-order valence-electron chi connectivity index (χ2n) is 5.33. The van der Waals surface area contributed by atoms with E-state index >= 15 is 0 Å². The molecule has 0 unspecified atom stereocenters. The third-order valence-corrected chi connectivity index (χ3v) is 3.73. The van der Waals surface area contributed by atoms with Crippen LogP contribution in [0.25, 0.3) is 5.69 Å². The molecule has 0 saturated heterocycles. The van der Waals surface area contributed by atoms with E-state index in [0.717, 1.165) is 12.1 Å². The van der Waals surface area contributed by atoms with Crippen LogP contribution in [0.3, 0.4) is 0 Å². The van der Waals surface area contributed by atoms with E-state index in [4.69, 9.17) is 11.6 Å². The highest BCUT2D eigenvalue weighted by molar-refractivity contribution is 6.31. The van der Waals surface area contributed by atoms with Crippen molar-refractivity contribution >= 4 is 34.6 Å². The average molecular weight is 391 g/mol. The van der Waals surface area contributed by atoms with Crippen molar-refractivity contribution < 1.29 is 14.1 Å². The Morgan fingerprint density at radius 2 is 2.11 bits per heavy atom. The number of carbonyl (C=O) groups is 1.